The first kappa shape index (κ1) is 76.3. The number of rotatable bonds is 21. The number of thiazole rings is 2. The zero-order chi connectivity index (χ0) is 77.3. The number of carbonyl (C=O) groups excluding carboxylic acids is 4. The Morgan fingerprint density at radius 2 is 1.03 bits per heavy atom. The first-order valence-electron chi connectivity index (χ1n) is 33.8. The number of aliphatic carboxylic acids is 2. The second kappa shape index (κ2) is 32.1. The number of nitrogens with zero attached hydrogens (tertiary/aromatic N) is 10. The molecule has 8 heterocycles. The van der Waals surface area contributed by atoms with Crippen LogP contribution in [0, 0.1) is 34.9 Å². The highest BCUT2D eigenvalue weighted by Gasteiger charge is 2.46. The minimum Gasteiger partial charge on any atom is -0.481 e. The second-order valence-electron chi connectivity index (χ2n) is 26.4. The van der Waals surface area contributed by atoms with Crippen molar-refractivity contribution in [2.75, 3.05) is 89.5 Å². The van der Waals surface area contributed by atoms with E-state index in [1.807, 2.05) is 0 Å². The number of nitrogens with one attached hydrogen (secondary N) is 2. The van der Waals surface area contributed by atoms with Gasteiger partial charge in [0.15, 0.2) is 56.5 Å². The molecule has 8 aromatic rings. The van der Waals surface area contributed by atoms with Crippen molar-refractivity contribution in [1.29, 1.82) is 0 Å². The van der Waals surface area contributed by atoms with Gasteiger partial charge in [-0.05, 0) is 104 Å². The van der Waals surface area contributed by atoms with Crippen molar-refractivity contribution in [2.24, 2.45) is 9.98 Å². The molecule has 6 aromatic carbocycles. The summed E-state index contributed by atoms with van der Waals surface area (Å²) in [5, 5.41) is 29.8. The number of carboxylic acid groups (broad SMARTS) is 2. The molecule has 4 fully saturated rings. The number of hydrogen-bond donors (Lipinski definition) is 4. The number of hydrogen-bond acceptors (Lipinski definition) is 20. The summed E-state index contributed by atoms with van der Waals surface area (Å²) in [6, 6.07) is 20.1. The van der Waals surface area contributed by atoms with Crippen LogP contribution < -0.4 is 29.9 Å². The number of ether oxygens (including phenoxy) is 4. The number of methoxy groups -OCH3 is 2. The number of fused-ring (bicyclic) bond motifs is 2. The van der Waals surface area contributed by atoms with Crippen LogP contribution in [0.4, 0.5) is 47.3 Å². The summed E-state index contributed by atoms with van der Waals surface area (Å²) in [6.45, 7) is 5.94. The monoisotopic (exact) mass is 1570 g/mol. The van der Waals surface area contributed by atoms with Crippen molar-refractivity contribution < 1.29 is 84.3 Å². The predicted molar refractivity (Wildman–Crippen MR) is 392 cm³/mol. The maximum absolute atomic E-state index is 15.6. The lowest BCUT2D eigenvalue weighted by Crippen LogP contribution is -2.53. The summed E-state index contributed by atoms with van der Waals surface area (Å²) in [6.07, 6.45) is 3.25. The molecule has 0 spiro atoms. The number of piperazine rings is 2. The predicted octanol–water partition coefficient (Wildman–Crippen LogP) is 12.7. The van der Waals surface area contributed by atoms with E-state index in [2.05, 4.69) is 30.4 Å². The van der Waals surface area contributed by atoms with Crippen molar-refractivity contribution in [3.05, 3.63) is 232 Å². The lowest BCUT2D eigenvalue weighted by atomic mass is 9.85. The summed E-state index contributed by atoms with van der Waals surface area (Å²) >= 11 is 15.6. The molecule has 566 valence electrons. The number of amides is 4. The van der Waals surface area contributed by atoms with E-state index in [0.717, 1.165) is 30.3 Å². The van der Waals surface area contributed by atoms with Crippen molar-refractivity contribution in [1.82, 2.24) is 40.2 Å². The summed E-state index contributed by atoms with van der Waals surface area (Å²) < 4.78 is 110. The number of aromatic nitrogens is 2. The molecule has 4 N–H and O–H groups in total. The van der Waals surface area contributed by atoms with Crippen molar-refractivity contribution in [3.63, 3.8) is 0 Å². The van der Waals surface area contributed by atoms with E-state index in [-0.39, 0.29) is 124 Å². The van der Waals surface area contributed by atoms with Gasteiger partial charge in [-0.3, -0.25) is 39.2 Å². The van der Waals surface area contributed by atoms with Gasteiger partial charge in [-0.1, -0.05) is 47.5 Å². The topological polar surface area (TPSA) is 274 Å². The van der Waals surface area contributed by atoms with Crippen LogP contribution in [0.5, 0.6) is 23.0 Å². The van der Waals surface area contributed by atoms with Gasteiger partial charge in [0, 0.05) is 140 Å². The van der Waals surface area contributed by atoms with E-state index >= 15 is 8.78 Å². The zero-order valence-electron chi connectivity index (χ0n) is 58.3. The van der Waals surface area contributed by atoms with E-state index in [4.69, 9.17) is 57.2 Å². The Morgan fingerprint density at radius 3 is 1.42 bits per heavy atom. The number of anilines is 2. The Morgan fingerprint density at radius 1 is 0.569 bits per heavy atom. The number of carbonyl (C=O) groups is 6. The van der Waals surface area contributed by atoms with Gasteiger partial charge in [-0.15, -0.1) is 22.7 Å². The van der Waals surface area contributed by atoms with Gasteiger partial charge in [0.1, 0.15) is 35.2 Å². The molecule has 0 unspecified atom stereocenters. The van der Waals surface area contributed by atoms with Crippen molar-refractivity contribution >= 4 is 105 Å². The lowest BCUT2D eigenvalue weighted by Gasteiger charge is -2.38. The third kappa shape index (κ3) is 16.3. The van der Waals surface area contributed by atoms with Crippen LogP contribution in [0.25, 0.3) is 0 Å². The van der Waals surface area contributed by atoms with Gasteiger partial charge in [0.05, 0.1) is 54.2 Å². The smallest absolute Gasteiger partial charge is 0.338 e. The third-order valence-corrected chi connectivity index (χ3v) is 21.4. The van der Waals surface area contributed by atoms with Crippen LogP contribution in [0.2, 0.25) is 10.0 Å². The van der Waals surface area contributed by atoms with Crippen molar-refractivity contribution in [2.45, 2.75) is 56.3 Å². The molecule has 4 amide bonds. The highest BCUT2D eigenvalue weighted by Crippen LogP contribution is 2.42. The number of carboxylic acids is 2. The highest BCUT2D eigenvalue weighted by atomic mass is 35.5. The molecule has 0 bridgehead atoms. The molecule has 2 aromatic heterocycles. The van der Waals surface area contributed by atoms with E-state index < -0.39 is 76.3 Å². The number of amidine groups is 2. The van der Waals surface area contributed by atoms with Gasteiger partial charge in [-0.25, -0.2) is 55.5 Å². The second-order valence-corrected chi connectivity index (χ2v) is 29.0. The number of halogens is 8. The maximum atomic E-state index is 15.6. The molecular formula is C75H66Cl2F6N12O12S2. The first-order valence-corrected chi connectivity index (χ1v) is 36.4. The highest BCUT2D eigenvalue weighted by molar-refractivity contribution is 7.12. The van der Waals surface area contributed by atoms with Crippen LogP contribution in [0.1, 0.15) is 64.6 Å². The fraction of sp³-hybridized carbons (Fsp3) is 0.280. The van der Waals surface area contributed by atoms with E-state index in [0.29, 0.717) is 89.0 Å². The van der Waals surface area contributed by atoms with Gasteiger partial charge < -0.3 is 49.6 Å². The molecule has 24 nitrogen and oxygen atoms in total. The zero-order valence-corrected chi connectivity index (χ0v) is 61.4. The molecule has 6 aliphatic heterocycles. The lowest BCUT2D eigenvalue weighted by molar-refractivity contribution is -0.142. The molecule has 0 aliphatic carbocycles. The fourth-order valence-corrected chi connectivity index (χ4v) is 15.3. The van der Waals surface area contributed by atoms with Crippen molar-refractivity contribution in [3.8, 4) is 23.0 Å². The standard InChI is InChI=1S/C38H34ClF3N6O6S.C37H32ClF3N6O6S/c1-38(2,36(50)51)20-4-9-30(27(42)14-20)54-23-6-8-29(26(41)16-23)48-18-22-17-46(11-12-47(22)37(48)52)19-28-31(35(49)53-3)32(24-7-5-21(40)15-25(24)39)45-33(44-28)34-43-10-13-55-34;1-52-36(50)32-28(43-34(35-42-10-13-54-35)44-33(32)24-6-4-21(39)15-25(24)38)19-45-11-12-46-22(17-45)18-47(37(46)51)29-7-5-23(16-26(29)40)53-30-8-2-20(14-27(30)41)3-9-31(48)49/h4-10,13-16,22,32H,11-12,17-19H2,1-3H3,(H,44,45)(H,50,51);2,4-8,10,13-16,22,33H,3,9,11-12,17-19H2,1H3,(H,43,44)(H,48,49)/t22-,32-;22-,33-/m00/s1. The normalized spacial score (nSPS) is 18.8. The van der Waals surface area contributed by atoms with Crippen LogP contribution in [0.3, 0.4) is 0 Å². The fourth-order valence-electron chi connectivity index (χ4n) is 13.5. The van der Waals surface area contributed by atoms with E-state index in [9.17, 15) is 51.4 Å². The molecule has 4 saturated heterocycles. The molecule has 109 heavy (non-hydrogen) atoms. The van der Waals surface area contributed by atoms with Gasteiger partial charge in [0.2, 0.25) is 0 Å². The Bertz CT molecular complexity index is 5060. The Balaban J connectivity index is 0.000000192. The molecule has 14 rings (SSSR count). The molecule has 34 heteroatoms. The van der Waals surface area contributed by atoms with Crippen LogP contribution in [-0.2, 0) is 40.5 Å². The Labute approximate surface area is 636 Å². The minimum absolute atomic E-state index is 0.0135. The number of benzene rings is 6. The number of esters is 2. The third-order valence-electron chi connectivity index (χ3n) is 19.2. The van der Waals surface area contributed by atoms with Gasteiger partial charge in [0.25, 0.3) is 0 Å². The minimum atomic E-state index is -1.33. The Hall–Kier alpha value is -10.9. The summed E-state index contributed by atoms with van der Waals surface area (Å²) in [5.41, 5.74) is 1.58. The molecule has 4 atom stereocenters. The molecule has 0 saturated carbocycles. The quantitative estimate of drug-likeness (QED) is 0.0384. The van der Waals surface area contributed by atoms with E-state index in [1.54, 1.807) is 39.0 Å². The molecular weight excluding hydrogens is 1510 g/mol. The molecule has 0 radical (unpaired) electrons. The SMILES string of the molecule is COC(=O)C1=C(CN2CCN3C(=O)N(c4ccc(Oc5ccc(C(C)(C)C(=O)O)cc5F)cc4F)C[C@@H]3C2)NC(c2nccs2)=N[C@H]1c1ccc(F)cc1Cl.COC(=O)C1=C(CN2CCN3C(=O)N(c4ccc(Oc5ccc(CCC(=O)O)cc5F)cc4F)C[C@@H]3C2)NC(c2nccs2)=N[C@H]1c1ccc(F)cc1Cl. The van der Waals surface area contributed by atoms with Crippen LogP contribution in [0.15, 0.2) is 165 Å². The number of aliphatic imine (C=N–C) groups is 2. The summed E-state index contributed by atoms with van der Waals surface area (Å²) in [4.78, 5) is 105. The van der Waals surface area contributed by atoms with Gasteiger partial charge in [-0.2, -0.15) is 0 Å². The largest absolute Gasteiger partial charge is 0.481 e. The molecule has 6 aliphatic rings. The maximum Gasteiger partial charge on any atom is 0.338 e. The number of aryl methyl sites for hydroxylation is 1. The summed E-state index contributed by atoms with van der Waals surface area (Å²) in [5.74, 6) is -7.13. The Kier molecular flexibility index (Phi) is 22.5. The average Bonchev–Trinajstić information content (AvgIpc) is 1.75. The number of urea groups is 2. The van der Waals surface area contributed by atoms with E-state index in [1.165, 1.54) is 133 Å². The van der Waals surface area contributed by atoms with Crippen LogP contribution >= 0.6 is 45.9 Å². The average molecular weight is 1580 g/mol. The van der Waals surface area contributed by atoms with Gasteiger partial charge >= 0.3 is 35.9 Å². The van der Waals surface area contributed by atoms with Crippen LogP contribution in [-0.4, -0.2) is 179 Å². The summed E-state index contributed by atoms with van der Waals surface area (Å²) in [7, 11) is 2.51. The first-order chi connectivity index (χ1) is 52.2.